The average molecular weight is 291 g/mol. The van der Waals surface area contributed by atoms with Crippen LogP contribution in [0, 0.1) is 0 Å². The van der Waals surface area contributed by atoms with E-state index in [-0.39, 0.29) is 0 Å². The van der Waals surface area contributed by atoms with Crippen molar-refractivity contribution in [3.05, 3.63) is 70.2 Å². The molecule has 0 saturated carbocycles. The molecule has 2 rings (SSSR count). The van der Waals surface area contributed by atoms with Crippen LogP contribution in [-0.4, -0.2) is 5.11 Å². The maximum Gasteiger partial charge on any atom is 0.114 e. The van der Waals surface area contributed by atoms with Crippen molar-refractivity contribution < 1.29 is 5.11 Å². The summed E-state index contributed by atoms with van der Waals surface area (Å²) in [4.78, 5) is 0. The molecule has 0 spiro atoms. The van der Waals surface area contributed by atoms with Gasteiger partial charge in [-0.25, -0.2) is 0 Å². The van der Waals surface area contributed by atoms with E-state index in [1.165, 1.54) is 0 Å². The lowest BCUT2D eigenvalue weighted by Gasteiger charge is -2.28. The second-order valence-electron chi connectivity index (χ2n) is 4.09. The van der Waals surface area contributed by atoms with Gasteiger partial charge in [-0.05, 0) is 29.7 Å². The van der Waals surface area contributed by atoms with Crippen molar-refractivity contribution in [3.63, 3.8) is 0 Å². The molecule has 0 saturated heterocycles. The van der Waals surface area contributed by atoms with E-state index < -0.39 is 5.60 Å². The molecule has 1 atom stereocenters. The third-order valence-corrected chi connectivity index (χ3v) is 3.61. The molecule has 17 heavy (non-hydrogen) atoms. The normalized spacial score (nSPS) is 14.3. The fourth-order valence-electron chi connectivity index (χ4n) is 2.01. The quantitative estimate of drug-likeness (QED) is 0.903. The maximum absolute atomic E-state index is 10.8. The van der Waals surface area contributed by atoms with Crippen LogP contribution in [0.3, 0.4) is 0 Å². The van der Waals surface area contributed by atoms with Gasteiger partial charge >= 0.3 is 0 Å². The molecule has 0 aliphatic carbocycles. The molecule has 2 heteroatoms. The van der Waals surface area contributed by atoms with E-state index in [1.54, 1.807) is 0 Å². The van der Waals surface area contributed by atoms with Gasteiger partial charge in [-0.1, -0.05) is 65.3 Å². The highest BCUT2D eigenvalue weighted by atomic mass is 79.9. The number of benzene rings is 2. The van der Waals surface area contributed by atoms with Crippen LogP contribution >= 0.6 is 15.9 Å². The summed E-state index contributed by atoms with van der Waals surface area (Å²) in [5.74, 6) is 0. The first kappa shape index (κ1) is 12.3. The molecule has 0 heterocycles. The summed E-state index contributed by atoms with van der Waals surface area (Å²) in [6.07, 6.45) is 0.651. The standard InChI is InChI=1S/C15H15BrO/c1-2-15(17,12-6-4-3-5-7-12)13-8-10-14(16)11-9-13/h3-11,17H,2H2,1H3/t15-/m0/s1. The lowest BCUT2D eigenvalue weighted by atomic mass is 9.84. The minimum atomic E-state index is -0.901. The van der Waals surface area contributed by atoms with Gasteiger partial charge in [0.2, 0.25) is 0 Å². The molecule has 0 radical (unpaired) electrons. The van der Waals surface area contributed by atoms with Crippen molar-refractivity contribution in [2.75, 3.05) is 0 Å². The van der Waals surface area contributed by atoms with E-state index in [4.69, 9.17) is 0 Å². The molecule has 0 bridgehead atoms. The molecular weight excluding hydrogens is 276 g/mol. The third-order valence-electron chi connectivity index (χ3n) is 3.08. The van der Waals surface area contributed by atoms with Gasteiger partial charge < -0.3 is 5.11 Å². The number of hydrogen-bond acceptors (Lipinski definition) is 1. The highest BCUT2D eigenvalue weighted by Crippen LogP contribution is 2.33. The van der Waals surface area contributed by atoms with Crippen LogP contribution in [0.4, 0.5) is 0 Å². The van der Waals surface area contributed by atoms with Gasteiger partial charge in [0, 0.05) is 4.47 Å². The topological polar surface area (TPSA) is 20.2 Å². The Morgan fingerprint density at radius 1 is 0.941 bits per heavy atom. The van der Waals surface area contributed by atoms with Gasteiger partial charge in [-0.3, -0.25) is 0 Å². The van der Waals surface area contributed by atoms with E-state index in [9.17, 15) is 5.11 Å². The molecule has 0 fully saturated rings. The molecule has 0 aliphatic rings. The summed E-state index contributed by atoms with van der Waals surface area (Å²) < 4.78 is 1.02. The zero-order valence-corrected chi connectivity index (χ0v) is 11.3. The Morgan fingerprint density at radius 3 is 2.00 bits per heavy atom. The fourth-order valence-corrected chi connectivity index (χ4v) is 2.28. The smallest absolute Gasteiger partial charge is 0.114 e. The SMILES string of the molecule is CC[C@](O)(c1ccccc1)c1ccc(Br)cc1. The molecule has 2 aromatic rings. The van der Waals surface area contributed by atoms with Crippen molar-refractivity contribution in [1.82, 2.24) is 0 Å². The van der Waals surface area contributed by atoms with Gasteiger partial charge in [0.25, 0.3) is 0 Å². The Bertz CT molecular complexity index is 478. The largest absolute Gasteiger partial charge is 0.380 e. The predicted molar refractivity (Wildman–Crippen MR) is 73.9 cm³/mol. The summed E-state index contributed by atoms with van der Waals surface area (Å²) in [6.45, 7) is 2.00. The number of rotatable bonds is 3. The Morgan fingerprint density at radius 2 is 1.47 bits per heavy atom. The first-order chi connectivity index (χ1) is 8.16. The lowest BCUT2D eigenvalue weighted by Crippen LogP contribution is -2.26. The minimum absolute atomic E-state index is 0.651. The first-order valence-electron chi connectivity index (χ1n) is 5.71. The zero-order chi connectivity index (χ0) is 12.3. The first-order valence-corrected chi connectivity index (χ1v) is 6.50. The van der Waals surface area contributed by atoms with Gasteiger partial charge in [0.05, 0.1) is 0 Å². The van der Waals surface area contributed by atoms with Crippen LogP contribution < -0.4 is 0 Å². The van der Waals surface area contributed by atoms with E-state index in [0.29, 0.717) is 6.42 Å². The van der Waals surface area contributed by atoms with Gasteiger partial charge in [-0.2, -0.15) is 0 Å². The molecule has 0 amide bonds. The van der Waals surface area contributed by atoms with Crippen LogP contribution in [0.15, 0.2) is 59.1 Å². The predicted octanol–water partition coefficient (Wildman–Crippen LogP) is 4.10. The van der Waals surface area contributed by atoms with Crippen LogP contribution in [0.25, 0.3) is 0 Å². The Hall–Kier alpha value is -1.12. The Labute approximate surface area is 110 Å². The lowest BCUT2D eigenvalue weighted by molar-refractivity contribution is 0.0765. The number of halogens is 1. The Balaban J connectivity index is 2.48. The van der Waals surface area contributed by atoms with Crippen LogP contribution in [0.2, 0.25) is 0 Å². The van der Waals surface area contributed by atoms with Crippen molar-refractivity contribution in [2.45, 2.75) is 18.9 Å². The summed E-state index contributed by atoms with van der Waals surface area (Å²) >= 11 is 3.41. The molecule has 1 N–H and O–H groups in total. The van der Waals surface area contributed by atoms with Gasteiger partial charge in [0.15, 0.2) is 0 Å². The molecule has 88 valence electrons. The molecule has 1 nitrogen and oxygen atoms in total. The van der Waals surface area contributed by atoms with Crippen molar-refractivity contribution >= 4 is 15.9 Å². The number of hydrogen-bond donors (Lipinski definition) is 1. The summed E-state index contributed by atoms with van der Waals surface area (Å²) in [5.41, 5.74) is 0.960. The Kier molecular flexibility index (Phi) is 3.65. The fraction of sp³-hybridized carbons (Fsp3) is 0.200. The van der Waals surface area contributed by atoms with E-state index >= 15 is 0 Å². The van der Waals surface area contributed by atoms with Crippen LogP contribution in [0.1, 0.15) is 24.5 Å². The van der Waals surface area contributed by atoms with Crippen molar-refractivity contribution in [3.8, 4) is 0 Å². The third kappa shape index (κ3) is 2.43. The van der Waals surface area contributed by atoms with E-state index in [2.05, 4.69) is 15.9 Å². The zero-order valence-electron chi connectivity index (χ0n) is 9.73. The van der Waals surface area contributed by atoms with Crippen molar-refractivity contribution in [2.24, 2.45) is 0 Å². The van der Waals surface area contributed by atoms with Gasteiger partial charge in [-0.15, -0.1) is 0 Å². The van der Waals surface area contributed by atoms with Crippen LogP contribution in [0.5, 0.6) is 0 Å². The van der Waals surface area contributed by atoms with Gasteiger partial charge in [0.1, 0.15) is 5.60 Å². The summed E-state index contributed by atoms with van der Waals surface area (Å²) in [7, 11) is 0. The van der Waals surface area contributed by atoms with E-state index in [0.717, 1.165) is 15.6 Å². The van der Waals surface area contributed by atoms with Crippen molar-refractivity contribution in [1.29, 1.82) is 0 Å². The molecular formula is C15H15BrO. The highest BCUT2D eigenvalue weighted by Gasteiger charge is 2.28. The van der Waals surface area contributed by atoms with E-state index in [1.807, 2.05) is 61.5 Å². The summed E-state index contributed by atoms with van der Waals surface area (Å²) in [6, 6.07) is 17.6. The number of aliphatic hydroxyl groups is 1. The maximum atomic E-state index is 10.8. The van der Waals surface area contributed by atoms with Crippen LogP contribution in [-0.2, 0) is 5.60 Å². The second kappa shape index (κ2) is 5.03. The molecule has 0 aliphatic heterocycles. The highest BCUT2D eigenvalue weighted by molar-refractivity contribution is 9.10. The molecule has 2 aromatic carbocycles. The molecule has 0 aromatic heterocycles. The average Bonchev–Trinajstić information content (AvgIpc) is 2.40. The second-order valence-corrected chi connectivity index (χ2v) is 5.00. The molecule has 0 unspecified atom stereocenters. The summed E-state index contributed by atoms with van der Waals surface area (Å²) in [5, 5.41) is 10.8. The monoisotopic (exact) mass is 290 g/mol. The minimum Gasteiger partial charge on any atom is -0.380 e.